The number of hydrogen-bond acceptors (Lipinski definition) is 3. The third kappa shape index (κ3) is 3.63. The summed E-state index contributed by atoms with van der Waals surface area (Å²) in [5, 5.41) is 0. The summed E-state index contributed by atoms with van der Waals surface area (Å²) in [4.78, 5) is 0. The summed E-state index contributed by atoms with van der Waals surface area (Å²) >= 11 is 0. The minimum atomic E-state index is -3.49. The molecule has 0 aromatic heterocycles. The molecule has 19 heavy (non-hydrogen) atoms. The van der Waals surface area contributed by atoms with Gasteiger partial charge in [0.2, 0.25) is 9.05 Å². The number of hydrogen-bond donors (Lipinski definition) is 0. The van der Waals surface area contributed by atoms with E-state index in [9.17, 15) is 8.42 Å². The maximum atomic E-state index is 11.5. The summed E-state index contributed by atoms with van der Waals surface area (Å²) in [5.74, 6) is 0.836. The summed E-state index contributed by atoms with van der Waals surface area (Å²) in [7, 11) is 1.99. The van der Waals surface area contributed by atoms with Gasteiger partial charge in [-0.15, -0.1) is 0 Å². The van der Waals surface area contributed by atoms with Gasteiger partial charge in [-0.3, -0.25) is 0 Å². The van der Waals surface area contributed by atoms with Crippen LogP contribution in [0.25, 0.3) is 0 Å². The number of ether oxygens (including phenoxy) is 1. The third-order valence-corrected chi connectivity index (χ3v) is 5.01. The molecule has 1 aromatic carbocycles. The van der Waals surface area contributed by atoms with Crippen LogP contribution in [0.15, 0.2) is 24.3 Å². The highest BCUT2D eigenvalue weighted by Crippen LogP contribution is 2.43. The molecule has 3 nitrogen and oxygen atoms in total. The monoisotopic (exact) mass is 302 g/mol. The second-order valence-corrected chi connectivity index (χ2v) is 7.90. The molecule has 1 aromatic rings. The van der Waals surface area contributed by atoms with E-state index < -0.39 is 9.05 Å². The molecular formula is C14H19ClO3S. The average molecular weight is 303 g/mol. The van der Waals surface area contributed by atoms with Crippen LogP contribution in [0.1, 0.15) is 38.2 Å². The molecule has 0 N–H and O–H groups in total. The first kappa shape index (κ1) is 14.7. The number of benzene rings is 1. The summed E-state index contributed by atoms with van der Waals surface area (Å²) < 4.78 is 28.4. The predicted octanol–water partition coefficient (Wildman–Crippen LogP) is 3.47. The zero-order valence-corrected chi connectivity index (χ0v) is 12.6. The lowest BCUT2D eigenvalue weighted by molar-refractivity contribution is 0.340. The van der Waals surface area contributed by atoms with Crippen LogP contribution in [-0.4, -0.2) is 20.8 Å². The fourth-order valence-corrected chi connectivity index (χ4v) is 4.71. The highest BCUT2D eigenvalue weighted by molar-refractivity contribution is 8.13. The number of rotatable bonds is 5. The molecule has 0 unspecified atom stereocenters. The van der Waals surface area contributed by atoms with Crippen molar-refractivity contribution in [3.05, 3.63) is 29.8 Å². The molecule has 1 saturated carbocycles. The van der Waals surface area contributed by atoms with Crippen molar-refractivity contribution in [2.24, 2.45) is 0 Å². The highest BCUT2D eigenvalue weighted by Gasteiger charge is 2.39. The van der Waals surface area contributed by atoms with Crippen LogP contribution in [0.4, 0.5) is 0 Å². The highest BCUT2D eigenvalue weighted by atomic mass is 35.7. The molecular weight excluding hydrogens is 284 g/mol. The van der Waals surface area contributed by atoms with Crippen LogP contribution < -0.4 is 4.74 Å². The van der Waals surface area contributed by atoms with E-state index in [4.69, 9.17) is 15.4 Å². The van der Waals surface area contributed by atoms with Crippen LogP contribution >= 0.6 is 10.7 Å². The van der Waals surface area contributed by atoms with Crippen molar-refractivity contribution in [1.29, 1.82) is 0 Å². The smallest absolute Gasteiger partial charge is 0.233 e. The maximum absolute atomic E-state index is 11.5. The Balaban J connectivity index is 2.28. The molecule has 0 heterocycles. The van der Waals surface area contributed by atoms with E-state index in [1.54, 1.807) is 0 Å². The van der Waals surface area contributed by atoms with Crippen LogP contribution in [0.5, 0.6) is 5.75 Å². The SMILES string of the molecule is CCOc1ccc(C2(CS(=O)(=O)Cl)CCCC2)cc1. The summed E-state index contributed by atoms with van der Waals surface area (Å²) in [6.07, 6.45) is 3.87. The predicted molar refractivity (Wildman–Crippen MR) is 77.4 cm³/mol. The Morgan fingerprint density at radius 1 is 1.21 bits per heavy atom. The first-order valence-corrected chi connectivity index (χ1v) is 9.09. The van der Waals surface area contributed by atoms with Crippen molar-refractivity contribution >= 4 is 19.7 Å². The minimum Gasteiger partial charge on any atom is -0.494 e. The fourth-order valence-electron chi connectivity index (χ4n) is 2.97. The van der Waals surface area contributed by atoms with Gasteiger partial charge in [0, 0.05) is 16.1 Å². The van der Waals surface area contributed by atoms with Gasteiger partial charge in [-0.1, -0.05) is 25.0 Å². The van der Waals surface area contributed by atoms with Crippen molar-refractivity contribution in [1.82, 2.24) is 0 Å². The van der Waals surface area contributed by atoms with Gasteiger partial charge < -0.3 is 4.74 Å². The number of halogens is 1. The lowest BCUT2D eigenvalue weighted by Gasteiger charge is -2.28. The molecule has 1 fully saturated rings. The molecule has 1 aliphatic carbocycles. The average Bonchev–Trinajstić information content (AvgIpc) is 2.77. The summed E-state index contributed by atoms with van der Waals surface area (Å²) in [6.45, 7) is 2.56. The molecule has 0 amide bonds. The Morgan fingerprint density at radius 3 is 2.26 bits per heavy atom. The van der Waals surface area contributed by atoms with Crippen molar-refractivity contribution in [3.63, 3.8) is 0 Å². The molecule has 5 heteroatoms. The Hall–Kier alpha value is -0.740. The first-order chi connectivity index (χ1) is 8.95. The zero-order chi connectivity index (χ0) is 13.9. The van der Waals surface area contributed by atoms with Gasteiger partial charge in [0.25, 0.3) is 0 Å². The van der Waals surface area contributed by atoms with E-state index in [-0.39, 0.29) is 11.2 Å². The minimum absolute atomic E-state index is 0.0234. The molecule has 106 valence electrons. The molecule has 1 aliphatic rings. The molecule has 0 spiro atoms. The van der Waals surface area contributed by atoms with Gasteiger partial charge >= 0.3 is 0 Å². The molecule has 0 aliphatic heterocycles. The van der Waals surface area contributed by atoms with Gasteiger partial charge in [0.15, 0.2) is 0 Å². The van der Waals surface area contributed by atoms with Crippen molar-refractivity contribution in [2.75, 3.05) is 12.4 Å². The van der Waals surface area contributed by atoms with Gasteiger partial charge in [0.05, 0.1) is 12.4 Å². The maximum Gasteiger partial charge on any atom is 0.233 e. The van der Waals surface area contributed by atoms with Crippen molar-refractivity contribution < 1.29 is 13.2 Å². The zero-order valence-electron chi connectivity index (χ0n) is 11.1. The van der Waals surface area contributed by atoms with Gasteiger partial charge in [0.1, 0.15) is 5.75 Å². The van der Waals surface area contributed by atoms with E-state index in [1.165, 1.54) is 0 Å². The lowest BCUT2D eigenvalue weighted by Crippen LogP contribution is -2.30. The largest absolute Gasteiger partial charge is 0.494 e. The van der Waals surface area contributed by atoms with Crippen molar-refractivity contribution in [2.45, 2.75) is 38.0 Å². The van der Waals surface area contributed by atoms with Gasteiger partial charge in [-0.05, 0) is 37.5 Å². The Labute approximate surface area is 119 Å². The molecule has 0 atom stereocenters. The molecule has 0 radical (unpaired) electrons. The van der Waals surface area contributed by atoms with E-state index in [0.29, 0.717) is 6.61 Å². The third-order valence-electron chi connectivity index (χ3n) is 3.79. The Kier molecular flexibility index (Phi) is 4.41. The molecule has 2 rings (SSSR count). The Bertz CT molecular complexity index is 516. The van der Waals surface area contributed by atoms with E-state index in [1.807, 2.05) is 31.2 Å². The van der Waals surface area contributed by atoms with Gasteiger partial charge in [-0.25, -0.2) is 8.42 Å². The quantitative estimate of drug-likeness (QED) is 0.782. The van der Waals surface area contributed by atoms with Crippen LogP contribution in [0, 0.1) is 0 Å². The van der Waals surface area contributed by atoms with Crippen molar-refractivity contribution in [3.8, 4) is 5.75 Å². The summed E-state index contributed by atoms with van der Waals surface area (Å²) in [6, 6.07) is 7.75. The summed E-state index contributed by atoms with van der Waals surface area (Å²) in [5.41, 5.74) is 0.739. The van der Waals surface area contributed by atoms with Crippen LogP contribution in [-0.2, 0) is 14.5 Å². The van der Waals surface area contributed by atoms with Crippen LogP contribution in [0.3, 0.4) is 0 Å². The molecule has 0 saturated heterocycles. The first-order valence-electron chi connectivity index (χ1n) is 6.61. The van der Waals surface area contributed by atoms with E-state index in [0.717, 1.165) is 37.0 Å². The lowest BCUT2D eigenvalue weighted by atomic mass is 9.81. The molecule has 0 bridgehead atoms. The van der Waals surface area contributed by atoms with Gasteiger partial charge in [-0.2, -0.15) is 0 Å². The Morgan fingerprint density at radius 2 is 1.79 bits per heavy atom. The standard InChI is InChI=1S/C14H19ClO3S/c1-2-18-13-7-5-12(6-8-13)14(9-3-4-10-14)11-19(15,16)17/h5-8H,2-4,9-11H2,1H3. The second-order valence-electron chi connectivity index (χ2n) is 5.13. The van der Waals surface area contributed by atoms with E-state index in [2.05, 4.69) is 0 Å². The van der Waals surface area contributed by atoms with Crippen LogP contribution in [0.2, 0.25) is 0 Å². The normalized spacial score (nSPS) is 18.4. The fraction of sp³-hybridized carbons (Fsp3) is 0.571. The topological polar surface area (TPSA) is 43.4 Å². The second kappa shape index (κ2) is 5.71. The van der Waals surface area contributed by atoms with E-state index >= 15 is 0 Å².